The molecule has 2 atom stereocenters. The van der Waals surface area contributed by atoms with Crippen molar-refractivity contribution in [2.75, 3.05) is 116 Å². The van der Waals surface area contributed by atoms with Crippen LogP contribution in [0.5, 0.6) is 0 Å². The highest BCUT2D eigenvalue weighted by Gasteiger charge is 2.19. The van der Waals surface area contributed by atoms with Crippen LogP contribution in [0.15, 0.2) is 146 Å². The van der Waals surface area contributed by atoms with Crippen molar-refractivity contribution < 1.29 is 19.2 Å². The Hall–Kier alpha value is -8.02. The maximum atomic E-state index is 12.6. The molecule has 4 amide bonds. The van der Waals surface area contributed by atoms with E-state index in [0.29, 0.717) is 26.2 Å². The molecule has 16 heteroatoms. The lowest BCUT2D eigenvalue weighted by Crippen LogP contribution is -2.47. The SMILES string of the molecule is CC(CN(C)CCCNC(=O)CCC(=O)NCCCN1CCN(CCCNC(=O)CCC(=O)NCCCN(C)CC(C)Nc2cc(-c3ccc4ccccc4c3)nc3ccccc23)CC1)Nc1cc(-c2ccc3ccccc3c2)nc2ccccc12. The van der Waals surface area contributed by atoms with Gasteiger partial charge in [0.2, 0.25) is 23.6 Å². The van der Waals surface area contributed by atoms with E-state index in [4.69, 9.17) is 9.97 Å². The van der Waals surface area contributed by atoms with Crippen LogP contribution >= 0.6 is 0 Å². The first-order valence-corrected chi connectivity index (χ1v) is 31.1. The quantitative estimate of drug-likeness (QED) is 0.0220. The van der Waals surface area contributed by atoms with Gasteiger partial charge >= 0.3 is 0 Å². The molecule has 1 aliphatic rings. The second-order valence-electron chi connectivity index (χ2n) is 23.4. The van der Waals surface area contributed by atoms with Crippen LogP contribution in [0.2, 0.25) is 0 Å². The van der Waals surface area contributed by atoms with Gasteiger partial charge in [-0.05, 0) is 138 Å². The van der Waals surface area contributed by atoms with E-state index in [-0.39, 0.29) is 61.4 Å². The van der Waals surface area contributed by atoms with Crippen molar-refractivity contribution in [3.63, 3.8) is 0 Å². The second kappa shape index (κ2) is 31.9. The summed E-state index contributed by atoms with van der Waals surface area (Å²) in [5.41, 5.74) is 8.06. The Morgan fingerprint density at radius 3 is 1.19 bits per heavy atom. The van der Waals surface area contributed by atoms with Crippen molar-refractivity contribution in [2.24, 2.45) is 0 Å². The van der Waals surface area contributed by atoms with E-state index in [1.54, 1.807) is 0 Å². The van der Waals surface area contributed by atoms with Gasteiger partial charge in [-0.3, -0.25) is 19.2 Å². The normalized spacial score (nSPS) is 13.7. The largest absolute Gasteiger partial charge is 0.381 e. The first-order chi connectivity index (χ1) is 41.9. The zero-order valence-electron chi connectivity index (χ0n) is 50.9. The Morgan fingerprint density at radius 1 is 0.442 bits per heavy atom. The summed E-state index contributed by atoms with van der Waals surface area (Å²) < 4.78 is 0. The first-order valence-electron chi connectivity index (χ1n) is 31.1. The molecule has 16 nitrogen and oxygen atoms in total. The summed E-state index contributed by atoms with van der Waals surface area (Å²) in [6.45, 7) is 15.6. The lowest BCUT2D eigenvalue weighted by atomic mass is 10.0. The molecule has 9 rings (SSSR count). The number of amides is 4. The van der Waals surface area contributed by atoms with E-state index in [0.717, 1.165) is 147 Å². The lowest BCUT2D eigenvalue weighted by Gasteiger charge is -2.34. The molecule has 0 aliphatic carbocycles. The average molecular weight is 1160 g/mol. The molecule has 1 fully saturated rings. The monoisotopic (exact) mass is 1160 g/mol. The summed E-state index contributed by atoms with van der Waals surface area (Å²) in [5, 5.41) is 26.5. The highest BCUT2D eigenvalue weighted by Crippen LogP contribution is 2.32. The van der Waals surface area contributed by atoms with E-state index in [1.165, 1.54) is 21.5 Å². The highest BCUT2D eigenvalue weighted by molar-refractivity contribution is 5.97. The number of hydrogen-bond donors (Lipinski definition) is 6. The number of rotatable bonds is 32. The number of piperazine rings is 1. The van der Waals surface area contributed by atoms with Gasteiger partial charge in [0.15, 0.2) is 0 Å². The number of anilines is 2. The van der Waals surface area contributed by atoms with Gasteiger partial charge < -0.3 is 51.5 Å². The van der Waals surface area contributed by atoms with Crippen molar-refractivity contribution >= 4 is 78.4 Å². The zero-order chi connectivity index (χ0) is 60.0. The summed E-state index contributed by atoms with van der Waals surface area (Å²) in [7, 11) is 4.21. The van der Waals surface area contributed by atoms with Crippen molar-refractivity contribution in [3.05, 3.63) is 146 Å². The Morgan fingerprint density at radius 2 is 0.791 bits per heavy atom. The van der Waals surface area contributed by atoms with Crippen LogP contribution in [0.3, 0.4) is 0 Å². The predicted molar refractivity (Wildman–Crippen MR) is 352 cm³/mol. The van der Waals surface area contributed by atoms with Crippen LogP contribution in [0.4, 0.5) is 11.4 Å². The molecule has 6 aromatic carbocycles. The molecule has 86 heavy (non-hydrogen) atoms. The van der Waals surface area contributed by atoms with Crippen LogP contribution in [0.25, 0.3) is 65.9 Å². The van der Waals surface area contributed by atoms with Crippen LogP contribution in [-0.2, 0) is 19.2 Å². The van der Waals surface area contributed by atoms with Crippen molar-refractivity contribution in [3.8, 4) is 22.5 Å². The van der Waals surface area contributed by atoms with Gasteiger partial charge in [-0.25, -0.2) is 9.97 Å². The van der Waals surface area contributed by atoms with E-state index in [1.807, 2.05) is 24.3 Å². The second-order valence-corrected chi connectivity index (χ2v) is 23.4. The molecular formula is C70H88N12O4. The molecule has 2 aromatic heterocycles. The van der Waals surface area contributed by atoms with Gasteiger partial charge in [0, 0.05) is 136 Å². The molecule has 0 bridgehead atoms. The van der Waals surface area contributed by atoms with Crippen molar-refractivity contribution in [1.82, 2.24) is 50.8 Å². The molecule has 0 spiro atoms. The lowest BCUT2D eigenvalue weighted by molar-refractivity contribution is -0.126. The third-order valence-electron chi connectivity index (χ3n) is 16.1. The number of hydrogen-bond acceptors (Lipinski definition) is 12. The van der Waals surface area contributed by atoms with Gasteiger partial charge in [0.25, 0.3) is 0 Å². The van der Waals surface area contributed by atoms with Gasteiger partial charge in [0.1, 0.15) is 0 Å². The third kappa shape index (κ3) is 19.0. The van der Waals surface area contributed by atoms with E-state index >= 15 is 0 Å². The van der Waals surface area contributed by atoms with Gasteiger partial charge in [-0.1, -0.05) is 109 Å². The highest BCUT2D eigenvalue weighted by atomic mass is 16.2. The topological polar surface area (TPSA) is 179 Å². The van der Waals surface area contributed by atoms with Crippen LogP contribution < -0.4 is 31.9 Å². The van der Waals surface area contributed by atoms with Crippen molar-refractivity contribution in [2.45, 2.75) is 77.3 Å². The van der Waals surface area contributed by atoms with E-state index in [2.05, 4.69) is 201 Å². The minimum atomic E-state index is -0.101. The summed E-state index contributed by atoms with van der Waals surface area (Å²) in [4.78, 5) is 69.8. The Labute approximate surface area is 507 Å². The van der Waals surface area contributed by atoms with E-state index < -0.39 is 0 Å². The first kappa shape index (κ1) is 62.5. The molecular weight excluding hydrogens is 1070 g/mol. The predicted octanol–water partition coefficient (Wildman–Crippen LogP) is 9.79. The number of carbonyl (C=O) groups excluding carboxylic acids is 4. The fraction of sp³-hybridized carbons (Fsp3) is 0.400. The van der Waals surface area contributed by atoms with Gasteiger partial charge in [-0.2, -0.15) is 0 Å². The third-order valence-corrected chi connectivity index (χ3v) is 16.1. The minimum absolute atomic E-state index is 0.0956. The Bertz CT molecular complexity index is 3300. The smallest absolute Gasteiger partial charge is 0.220 e. The molecule has 0 saturated carbocycles. The summed E-state index contributed by atoms with van der Waals surface area (Å²) in [6, 6.07) is 50.9. The standard InChI is InChI=1S/C70H88N12O4/c1-51(75-65-47-63(77-61-23-11-9-21-59(61)65)57-27-25-53-17-5-7-19-55(53)45-57)49-79(3)37-13-33-71-67(83)29-31-69(85)73-35-15-39-81-41-43-82(44-42-81)40-16-36-74-70(86)32-30-68(84)72-34-14-38-80(4)50-52(2)76-66-48-64(78-62-24-12-10-22-60(62)66)58-28-26-54-18-6-8-20-56(54)46-58/h5-12,17-28,45-48,51-52H,13-16,29-44,49-50H2,1-4H3,(H,71,83)(H,72,84)(H,73,85)(H,74,86)(H,75,77)(H,76,78). The number of likely N-dealkylation sites (N-methyl/N-ethyl adjacent to an activating group) is 2. The fourth-order valence-corrected chi connectivity index (χ4v) is 11.6. The average Bonchev–Trinajstić information content (AvgIpc) is 1.59. The van der Waals surface area contributed by atoms with Crippen LogP contribution in [-0.4, -0.2) is 171 Å². The molecule has 6 N–H and O–H groups in total. The Balaban J connectivity index is 0.550. The maximum absolute atomic E-state index is 12.6. The molecule has 2 unspecified atom stereocenters. The number of benzene rings is 6. The molecule has 1 saturated heterocycles. The molecule has 452 valence electrons. The number of aromatic nitrogens is 2. The molecule has 8 aromatic rings. The van der Waals surface area contributed by atoms with Gasteiger partial charge in [-0.15, -0.1) is 0 Å². The molecule has 1 aliphatic heterocycles. The molecule has 3 heterocycles. The summed E-state index contributed by atoms with van der Waals surface area (Å²) >= 11 is 0. The number of nitrogens with zero attached hydrogens (tertiary/aromatic N) is 6. The fourth-order valence-electron chi connectivity index (χ4n) is 11.6. The molecule has 0 radical (unpaired) electrons. The number of nitrogens with one attached hydrogen (secondary N) is 6. The maximum Gasteiger partial charge on any atom is 0.220 e. The van der Waals surface area contributed by atoms with Crippen molar-refractivity contribution in [1.29, 1.82) is 0 Å². The number of carbonyl (C=O) groups is 4. The summed E-state index contributed by atoms with van der Waals surface area (Å²) in [5.74, 6) is -0.394. The van der Waals surface area contributed by atoms with Gasteiger partial charge in [0.05, 0.1) is 22.4 Å². The van der Waals surface area contributed by atoms with Crippen LogP contribution in [0, 0.1) is 0 Å². The number of fused-ring (bicyclic) bond motifs is 4. The van der Waals surface area contributed by atoms with E-state index in [9.17, 15) is 19.2 Å². The minimum Gasteiger partial charge on any atom is -0.381 e. The number of para-hydroxylation sites is 2. The number of pyridine rings is 2. The summed E-state index contributed by atoms with van der Waals surface area (Å²) in [6.07, 6.45) is 4.03. The van der Waals surface area contributed by atoms with Crippen LogP contribution in [0.1, 0.15) is 65.2 Å². The Kier molecular flexibility index (Phi) is 23.2. The zero-order valence-corrected chi connectivity index (χ0v) is 50.9.